The van der Waals surface area contributed by atoms with E-state index in [9.17, 15) is 5.11 Å². The van der Waals surface area contributed by atoms with Gasteiger partial charge in [0, 0.05) is 24.0 Å². The third-order valence-corrected chi connectivity index (χ3v) is 4.27. The van der Waals surface area contributed by atoms with Gasteiger partial charge in [-0.1, -0.05) is 30.3 Å². The lowest BCUT2D eigenvalue weighted by atomic mass is 10.0. The number of hydrogen-bond acceptors (Lipinski definition) is 5. The molecule has 0 bridgehead atoms. The molecule has 0 saturated heterocycles. The van der Waals surface area contributed by atoms with E-state index in [0.717, 1.165) is 16.3 Å². The minimum absolute atomic E-state index is 0.404. The molecule has 1 atom stereocenters. The number of rotatable bonds is 6. The lowest BCUT2D eigenvalue weighted by Gasteiger charge is -2.20. The third kappa shape index (κ3) is 3.44. The summed E-state index contributed by atoms with van der Waals surface area (Å²) in [5, 5.41) is 16.6. The number of nitrogens with zero attached hydrogens (tertiary/aromatic N) is 1. The summed E-state index contributed by atoms with van der Waals surface area (Å²) < 4.78 is 5.26. The van der Waals surface area contributed by atoms with Crippen LogP contribution in [-0.2, 0) is 12.1 Å². The van der Waals surface area contributed by atoms with Crippen molar-refractivity contribution >= 4 is 11.3 Å². The molecule has 0 saturated carbocycles. The maximum Gasteiger partial charge on any atom is 0.136 e. The van der Waals surface area contributed by atoms with E-state index < -0.39 is 5.60 Å². The largest absolute Gasteiger partial charge is 0.466 e. The summed E-state index contributed by atoms with van der Waals surface area (Å²) in [5.41, 5.74) is 1.08. The number of aromatic nitrogens is 1. The van der Waals surface area contributed by atoms with E-state index in [1.54, 1.807) is 36.7 Å². The molecule has 22 heavy (non-hydrogen) atoms. The molecule has 0 aliphatic heterocycles. The smallest absolute Gasteiger partial charge is 0.136 e. The second-order valence-corrected chi connectivity index (χ2v) is 6.29. The standard InChI is InChI=1S/C17H18N2O2S/c1-17(20,15-8-5-9-21-15)12-18-10-16-19-14(11-22-16)13-6-3-2-4-7-13/h2-9,11,18,20H,10,12H2,1H3. The summed E-state index contributed by atoms with van der Waals surface area (Å²) in [7, 11) is 0. The molecule has 0 aliphatic carbocycles. The van der Waals surface area contributed by atoms with Gasteiger partial charge in [-0.05, 0) is 19.1 Å². The summed E-state index contributed by atoms with van der Waals surface area (Å²) >= 11 is 1.61. The summed E-state index contributed by atoms with van der Waals surface area (Å²) in [6.45, 7) is 2.76. The molecule has 1 aromatic carbocycles. The zero-order valence-electron chi connectivity index (χ0n) is 12.3. The van der Waals surface area contributed by atoms with Crippen molar-refractivity contribution in [3.63, 3.8) is 0 Å². The Hall–Kier alpha value is -1.95. The van der Waals surface area contributed by atoms with Gasteiger partial charge in [0.15, 0.2) is 0 Å². The molecule has 0 radical (unpaired) electrons. The summed E-state index contributed by atoms with van der Waals surface area (Å²) in [5.74, 6) is 0.559. The second kappa shape index (κ2) is 6.44. The van der Waals surface area contributed by atoms with Crippen LogP contribution in [0.4, 0.5) is 0 Å². The first-order chi connectivity index (χ1) is 10.6. The van der Waals surface area contributed by atoms with Gasteiger partial charge in [0.1, 0.15) is 16.4 Å². The van der Waals surface area contributed by atoms with Gasteiger partial charge >= 0.3 is 0 Å². The molecule has 2 aromatic heterocycles. The topological polar surface area (TPSA) is 58.3 Å². The lowest BCUT2D eigenvalue weighted by molar-refractivity contribution is 0.0340. The second-order valence-electron chi connectivity index (χ2n) is 5.35. The summed E-state index contributed by atoms with van der Waals surface area (Å²) in [6.07, 6.45) is 1.57. The van der Waals surface area contributed by atoms with Crippen LogP contribution in [0.15, 0.2) is 58.5 Å². The van der Waals surface area contributed by atoms with E-state index in [0.29, 0.717) is 18.8 Å². The van der Waals surface area contributed by atoms with Gasteiger partial charge in [-0.15, -0.1) is 11.3 Å². The predicted octanol–water partition coefficient (Wildman–Crippen LogP) is 3.40. The van der Waals surface area contributed by atoms with Crippen molar-refractivity contribution in [2.24, 2.45) is 0 Å². The van der Waals surface area contributed by atoms with Gasteiger partial charge in [0.25, 0.3) is 0 Å². The van der Waals surface area contributed by atoms with Crippen molar-refractivity contribution in [1.29, 1.82) is 0 Å². The summed E-state index contributed by atoms with van der Waals surface area (Å²) in [6, 6.07) is 13.7. The molecule has 1 unspecified atom stereocenters. The Morgan fingerprint density at radius 1 is 1.23 bits per heavy atom. The molecule has 0 fully saturated rings. The Balaban J connectivity index is 1.58. The first-order valence-corrected chi connectivity index (χ1v) is 8.00. The Labute approximate surface area is 133 Å². The molecule has 2 N–H and O–H groups in total. The fourth-order valence-corrected chi connectivity index (χ4v) is 2.99. The van der Waals surface area contributed by atoms with Crippen LogP contribution in [0.1, 0.15) is 17.7 Å². The maximum atomic E-state index is 10.4. The van der Waals surface area contributed by atoms with Crippen molar-refractivity contribution in [2.45, 2.75) is 19.1 Å². The number of benzene rings is 1. The van der Waals surface area contributed by atoms with Crippen molar-refractivity contribution < 1.29 is 9.52 Å². The average molecular weight is 314 g/mol. The Morgan fingerprint density at radius 3 is 2.77 bits per heavy atom. The molecule has 0 amide bonds. The fourth-order valence-electron chi connectivity index (χ4n) is 2.22. The van der Waals surface area contributed by atoms with Crippen LogP contribution in [-0.4, -0.2) is 16.6 Å². The minimum Gasteiger partial charge on any atom is -0.466 e. The first-order valence-electron chi connectivity index (χ1n) is 7.12. The van der Waals surface area contributed by atoms with Crippen LogP contribution < -0.4 is 5.32 Å². The maximum absolute atomic E-state index is 10.4. The van der Waals surface area contributed by atoms with Crippen molar-refractivity contribution in [2.75, 3.05) is 6.54 Å². The van der Waals surface area contributed by atoms with Gasteiger partial charge in [-0.25, -0.2) is 4.98 Å². The number of hydrogen-bond donors (Lipinski definition) is 2. The molecule has 3 rings (SSSR count). The van der Waals surface area contributed by atoms with Gasteiger partial charge in [-0.2, -0.15) is 0 Å². The number of furan rings is 1. The molecular weight excluding hydrogens is 296 g/mol. The predicted molar refractivity (Wildman–Crippen MR) is 87.5 cm³/mol. The molecular formula is C17H18N2O2S. The van der Waals surface area contributed by atoms with Crippen LogP contribution >= 0.6 is 11.3 Å². The summed E-state index contributed by atoms with van der Waals surface area (Å²) in [4.78, 5) is 4.61. The Bertz CT molecular complexity index is 705. The molecule has 114 valence electrons. The highest BCUT2D eigenvalue weighted by molar-refractivity contribution is 7.09. The highest BCUT2D eigenvalue weighted by Gasteiger charge is 2.25. The minimum atomic E-state index is -1.02. The van der Waals surface area contributed by atoms with Crippen LogP contribution in [0.25, 0.3) is 11.3 Å². The van der Waals surface area contributed by atoms with Crippen molar-refractivity contribution in [3.05, 3.63) is 64.9 Å². The van der Waals surface area contributed by atoms with Gasteiger partial charge in [-0.3, -0.25) is 0 Å². The van der Waals surface area contributed by atoms with E-state index in [1.165, 1.54) is 0 Å². The highest BCUT2D eigenvalue weighted by Crippen LogP contribution is 2.22. The van der Waals surface area contributed by atoms with E-state index in [1.807, 2.05) is 30.3 Å². The van der Waals surface area contributed by atoms with E-state index >= 15 is 0 Å². The SMILES string of the molecule is CC(O)(CNCc1nc(-c2ccccc2)cs1)c1ccco1. The molecule has 2 heterocycles. The zero-order valence-corrected chi connectivity index (χ0v) is 13.1. The van der Waals surface area contributed by atoms with Gasteiger partial charge in [0.2, 0.25) is 0 Å². The fraction of sp³-hybridized carbons (Fsp3) is 0.235. The Kier molecular flexibility index (Phi) is 4.38. The molecule has 0 spiro atoms. The number of aliphatic hydroxyl groups is 1. The molecule has 3 aromatic rings. The van der Waals surface area contributed by atoms with Gasteiger partial charge in [0.05, 0.1) is 12.0 Å². The van der Waals surface area contributed by atoms with Crippen molar-refractivity contribution in [1.82, 2.24) is 10.3 Å². The third-order valence-electron chi connectivity index (χ3n) is 3.42. The first kappa shape index (κ1) is 15.0. The van der Waals surface area contributed by atoms with Crippen LogP contribution in [0.2, 0.25) is 0 Å². The van der Waals surface area contributed by atoms with E-state index in [-0.39, 0.29) is 0 Å². The number of nitrogens with one attached hydrogen (secondary N) is 1. The normalized spacial score (nSPS) is 13.9. The van der Waals surface area contributed by atoms with Crippen molar-refractivity contribution in [3.8, 4) is 11.3 Å². The van der Waals surface area contributed by atoms with Crippen LogP contribution in [0.3, 0.4) is 0 Å². The number of thiazole rings is 1. The molecule has 0 aliphatic rings. The highest BCUT2D eigenvalue weighted by atomic mass is 32.1. The monoisotopic (exact) mass is 314 g/mol. The quantitative estimate of drug-likeness (QED) is 0.732. The zero-order chi connectivity index (χ0) is 15.4. The van der Waals surface area contributed by atoms with Gasteiger partial charge < -0.3 is 14.8 Å². The lowest BCUT2D eigenvalue weighted by Crippen LogP contribution is -2.34. The van der Waals surface area contributed by atoms with Crippen LogP contribution in [0, 0.1) is 0 Å². The average Bonchev–Trinajstić information content (AvgIpc) is 3.20. The van der Waals surface area contributed by atoms with E-state index in [2.05, 4.69) is 15.7 Å². The van der Waals surface area contributed by atoms with Crippen LogP contribution in [0.5, 0.6) is 0 Å². The van der Waals surface area contributed by atoms with E-state index in [4.69, 9.17) is 4.42 Å². The Morgan fingerprint density at radius 2 is 2.05 bits per heavy atom. The molecule has 5 heteroatoms. The molecule has 4 nitrogen and oxygen atoms in total.